The van der Waals surface area contributed by atoms with Crippen LogP contribution in [0.3, 0.4) is 0 Å². The molecule has 1 aliphatic carbocycles. The van der Waals surface area contributed by atoms with Gasteiger partial charge in [-0.3, -0.25) is 0 Å². The lowest BCUT2D eigenvalue weighted by Gasteiger charge is -2.04. The second kappa shape index (κ2) is 4.66. The summed E-state index contributed by atoms with van der Waals surface area (Å²) in [5.41, 5.74) is 6.87. The molecular weight excluding hydrogens is 190 g/mol. The predicted octanol–water partition coefficient (Wildman–Crippen LogP) is 1.19. The van der Waals surface area contributed by atoms with Gasteiger partial charge >= 0.3 is 0 Å². The number of aliphatic hydroxyl groups is 1. The first-order valence-electron chi connectivity index (χ1n) is 5.72. The third-order valence-corrected chi connectivity index (χ3v) is 3.15. The van der Waals surface area contributed by atoms with Gasteiger partial charge in [-0.15, -0.1) is 0 Å². The molecule has 0 atom stereocenters. The standard InChI is InChI=1S/C11H19N3O/c12-11-8-10(13-14(11)5-6-15)7-9-3-1-2-4-9/h8-9,15H,1-7,12H2. The number of nitrogens with zero attached hydrogens (tertiary/aromatic N) is 2. The van der Waals surface area contributed by atoms with Crippen molar-refractivity contribution in [2.75, 3.05) is 12.3 Å². The Morgan fingerprint density at radius 3 is 2.87 bits per heavy atom. The lowest BCUT2D eigenvalue weighted by Crippen LogP contribution is -2.08. The summed E-state index contributed by atoms with van der Waals surface area (Å²) in [7, 11) is 0. The minimum atomic E-state index is 0.0920. The largest absolute Gasteiger partial charge is 0.394 e. The van der Waals surface area contributed by atoms with Crippen molar-refractivity contribution < 1.29 is 5.11 Å². The maximum absolute atomic E-state index is 8.82. The van der Waals surface area contributed by atoms with Gasteiger partial charge in [-0.2, -0.15) is 5.10 Å². The number of hydrogen-bond donors (Lipinski definition) is 2. The maximum atomic E-state index is 8.82. The van der Waals surface area contributed by atoms with Crippen molar-refractivity contribution in [2.45, 2.75) is 38.6 Å². The second-order valence-corrected chi connectivity index (χ2v) is 4.36. The molecule has 2 rings (SSSR count). The van der Waals surface area contributed by atoms with Crippen molar-refractivity contribution in [3.8, 4) is 0 Å². The van der Waals surface area contributed by atoms with E-state index in [1.165, 1.54) is 25.7 Å². The van der Waals surface area contributed by atoms with Gasteiger partial charge in [-0.05, 0) is 12.3 Å². The van der Waals surface area contributed by atoms with Crippen molar-refractivity contribution >= 4 is 5.82 Å². The van der Waals surface area contributed by atoms with Crippen LogP contribution < -0.4 is 5.73 Å². The van der Waals surface area contributed by atoms with Gasteiger partial charge < -0.3 is 10.8 Å². The maximum Gasteiger partial charge on any atom is 0.122 e. The number of nitrogens with two attached hydrogens (primary N) is 1. The third kappa shape index (κ3) is 2.50. The van der Waals surface area contributed by atoms with Gasteiger partial charge in [0.15, 0.2) is 0 Å². The summed E-state index contributed by atoms with van der Waals surface area (Å²) in [6.45, 7) is 0.589. The van der Waals surface area contributed by atoms with E-state index in [-0.39, 0.29) is 6.61 Å². The van der Waals surface area contributed by atoms with Crippen LogP contribution in [0, 0.1) is 5.92 Å². The summed E-state index contributed by atoms with van der Waals surface area (Å²) in [4.78, 5) is 0. The van der Waals surface area contributed by atoms with E-state index >= 15 is 0 Å². The van der Waals surface area contributed by atoms with Gasteiger partial charge in [0.1, 0.15) is 5.82 Å². The van der Waals surface area contributed by atoms with Gasteiger partial charge in [0, 0.05) is 6.07 Å². The zero-order chi connectivity index (χ0) is 10.7. The molecule has 0 amide bonds. The van der Waals surface area contributed by atoms with E-state index in [2.05, 4.69) is 5.10 Å². The Bertz CT molecular complexity index is 316. The fourth-order valence-corrected chi connectivity index (χ4v) is 2.37. The number of aliphatic hydroxyl groups excluding tert-OH is 1. The fourth-order valence-electron chi connectivity index (χ4n) is 2.37. The van der Waals surface area contributed by atoms with E-state index < -0.39 is 0 Å². The summed E-state index contributed by atoms with van der Waals surface area (Å²) in [6, 6.07) is 1.94. The summed E-state index contributed by atoms with van der Waals surface area (Å²) >= 11 is 0. The summed E-state index contributed by atoms with van der Waals surface area (Å²) < 4.78 is 1.68. The highest BCUT2D eigenvalue weighted by Gasteiger charge is 2.17. The Hall–Kier alpha value is -1.03. The van der Waals surface area contributed by atoms with Crippen LogP contribution in [-0.4, -0.2) is 21.5 Å². The van der Waals surface area contributed by atoms with Crippen molar-refractivity contribution in [3.05, 3.63) is 11.8 Å². The Balaban J connectivity index is 1.98. The minimum absolute atomic E-state index is 0.0920. The van der Waals surface area contributed by atoms with Crippen LogP contribution in [0.25, 0.3) is 0 Å². The average Bonchev–Trinajstić information content (AvgIpc) is 2.79. The number of rotatable bonds is 4. The summed E-state index contributed by atoms with van der Waals surface area (Å²) in [6.07, 6.45) is 6.41. The van der Waals surface area contributed by atoms with Gasteiger partial charge in [-0.25, -0.2) is 4.68 Å². The quantitative estimate of drug-likeness (QED) is 0.783. The lowest BCUT2D eigenvalue weighted by molar-refractivity contribution is 0.270. The molecule has 4 nitrogen and oxygen atoms in total. The van der Waals surface area contributed by atoms with Crippen molar-refractivity contribution in [1.82, 2.24) is 9.78 Å². The summed E-state index contributed by atoms with van der Waals surface area (Å²) in [5, 5.41) is 13.2. The van der Waals surface area contributed by atoms with Crippen molar-refractivity contribution in [1.29, 1.82) is 0 Å². The Morgan fingerprint density at radius 1 is 1.47 bits per heavy atom. The van der Waals surface area contributed by atoms with E-state index in [9.17, 15) is 0 Å². The van der Waals surface area contributed by atoms with Crippen LogP contribution in [0.1, 0.15) is 31.4 Å². The van der Waals surface area contributed by atoms with Gasteiger partial charge in [0.2, 0.25) is 0 Å². The Labute approximate surface area is 90.1 Å². The molecule has 0 unspecified atom stereocenters. The van der Waals surface area contributed by atoms with Gasteiger partial charge in [0.25, 0.3) is 0 Å². The SMILES string of the molecule is Nc1cc(CC2CCCC2)nn1CCO. The zero-order valence-corrected chi connectivity index (χ0v) is 9.02. The molecule has 0 aliphatic heterocycles. The molecule has 1 aromatic heterocycles. The highest BCUT2D eigenvalue weighted by atomic mass is 16.3. The zero-order valence-electron chi connectivity index (χ0n) is 9.02. The summed E-state index contributed by atoms with van der Waals surface area (Å²) in [5.74, 6) is 1.46. The molecular formula is C11H19N3O. The normalized spacial score (nSPS) is 17.4. The molecule has 0 radical (unpaired) electrons. The van der Waals surface area contributed by atoms with E-state index in [0.29, 0.717) is 12.4 Å². The second-order valence-electron chi connectivity index (χ2n) is 4.36. The molecule has 0 bridgehead atoms. The van der Waals surface area contributed by atoms with Crippen LogP contribution in [0.15, 0.2) is 6.07 Å². The van der Waals surface area contributed by atoms with Crippen LogP contribution in [0.5, 0.6) is 0 Å². The molecule has 0 saturated heterocycles. The van der Waals surface area contributed by atoms with Crippen LogP contribution in [0.4, 0.5) is 5.82 Å². The van der Waals surface area contributed by atoms with E-state index in [1.54, 1.807) is 4.68 Å². The molecule has 1 fully saturated rings. The molecule has 1 aromatic rings. The Kier molecular flexibility index (Phi) is 3.26. The number of anilines is 1. The molecule has 84 valence electrons. The molecule has 1 saturated carbocycles. The number of nitrogen functional groups attached to an aromatic ring is 1. The van der Waals surface area contributed by atoms with Crippen LogP contribution >= 0.6 is 0 Å². The molecule has 15 heavy (non-hydrogen) atoms. The highest BCUT2D eigenvalue weighted by molar-refractivity contribution is 5.31. The Morgan fingerprint density at radius 2 is 2.20 bits per heavy atom. The molecule has 1 aliphatic rings. The average molecular weight is 209 g/mol. The highest BCUT2D eigenvalue weighted by Crippen LogP contribution is 2.27. The molecule has 0 spiro atoms. The van der Waals surface area contributed by atoms with Gasteiger partial charge in [-0.1, -0.05) is 25.7 Å². The number of aromatic nitrogens is 2. The minimum Gasteiger partial charge on any atom is -0.394 e. The van der Waals surface area contributed by atoms with Crippen LogP contribution in [-0.2, 0) is 13.0 Å². The molecule has 3 N–H and O–H groups in total. The van der Waals surface area contributed by atoms with E-state index in [0.717, 1.165) is 18.0 Å². The van der Waals surface area contributed by atoms with Crippen LogP contribution in [0.2, 0.25) is 0 Å². The topological polar surface area (TPSA) is 64.1 Å². The smallest absolute Gasteiger partial charge is 0.122 e. The molecule has 0 aromatic carbocycles. The predicted molar refractivity (Wildman–Crippen MR) is 59.4 cm³/mol. The third-order valence-electron chi connectivity index (χ3n) is 3.15. The van der Waals surface area contributed by atoms with Crippen molar-refractivity contribution in [3.63, 3.8) is 0 Å². The first kappa shape index (κ1) is 10.5. The fraction of sp³-hybridized carbons (Fsp3) is 0.727. The van der Waals surface area contributed by atoms with E-state index in [4.69, 9.17) is 10.8 Å². The van der Waals surface area contributed by atoms with Crippen molar-refractivity contribution in [2.24, 2.45) is 5.92 Å². The van der Waals surface area contributed by atoms with E-state index in [1.807, 2.05) is 6.07 Å². The molecule has 4 heteroatoms. The monoisotopic (exact) mass is 209 g/mol. The lowest BCUT2D eigenvalue weighted by atomic mass is 10.0. The number of hydrogen-bond acceptors (Lipinski definition) is 3. The molecule has 1 heterocycles. The first-order chi connectivity index (χ1) is 7.29. The first-order valence-corrected chi connectivity index (χ1v) is 5.72. The van der Waals surface area contributed by atoms with Gasteiger partial charge in [0.05, 0.1) is 18.8 Å².